The lowest BCUT2D eigenvalue weighted by Gasteiger charge is -2.13. The van der Waals surface area contributed by atoms with Crippen LogP contribution >= 0.6 is 22.7 Å². The zero-order valence-corrected chi connectivity index (χ0v) is 18.1. The predicted octanol–water partition coefficient (Wildman–Crippen LogP) is 5.12. The van der Waals surface area contributed by atoms with Gasteiger partial charge < -0.3 is 19.6 Å². The van der Waals surface area contributed by atoms with Gasteiger partial charge in [0.1, 0.15) is 10.8 Å². The van der Waals surface area contributed by atoms with Crippen molar-refractivity contribution in [1.29, 1.82) is 0 Å². The van der Waals surface area contributed by atoms with Crippen LogP contribution in [0.25, 0.3) is 10.6 Å². The van der Waals surface area contributed by atoms with E-state index in [1.54, 1.807) is 18.4 Å². The SMILES string of the molecule is O=C(Nc1sc2c(c1C(=O)NCc1ccco1)CCCC2)c1cc(-c2cccs2)on1. The van der Waals surface area contributed by atoms with Gasteiger partial charge in [0.2, 0.25) is 0 Å². The topological polar surface area (TPSA) is 97.4 Å². The van der Waals surface area contributed by atoms with E-state index in [1.807, 2.05) is 23.6 Å². The minimum Gasteiger partial charge on any atom is -0.467 e. The molecule has 0 fully saturated rings. The molecule has 0 aliphatic heterocycles. The van der Waals surface area contributed by atoms with E-state index >= 15 is 0 Å². The molecule has 5 rings (SSSR count). The van der Waals surface area contributed by atoms with Crippen LogP contribution in [0.3, 0.4) is 0 Å². The molecule has 0 unspecified atom stereocenters. The number of fused-ring (bicyclic) bond motifs is 1. The lowest BCUT2D eigenvalue weighted by atomic mass is 9.95. The molecule has 0 saturated heterocycles. The first kappa shape index (κ1) is 19.8. The molecule has 31 heavy (non-hydrogen) atoms. The maximum absolute atomic E-state index is 13.0. The van der Waals surface area contributed by atoms with Crippen molar-refractivity contribution in [3.8, 4) is 10.6 Å². The lowest BCUT2D eigenvalue weighted by molar-refractivity contribution is 0.0948. The summed E-state index contributed by atoms with van der Waals surface area (Å²) in [6, 6.07) is 9.02. The first-order chi connectivity index (χ1) is 15.2. The van der Waals surface area contributed by atoms with Gasteiger partial charge in [0.25, 0.3) is 11.8 Å². The molecule has 4 heterocycles. The van der Waals surface area contributed by atoms with Gasteiger partial charge in [0.15, 0.2) is 11.5 Å². The van der Waals surface area contributed by atoms with E-state index in [4.69, 9.17) is 8.94 Å². The van der Waals surface area contributed by atoms with Crippen molar-refractivity contribution in [1.82, 2.24) is 10.5 Å². The molecule has 7 nitrogen and oxygen atoms in total. The molecule has 4 aromatic rings. The van der Waals surface area contributed by atoms with E-state index in [1.165, 1.54) is 22.7 Å². The van der Waals surface area contributed by atoms with Gasteiger partial charge in [-0.1, -0.05) is 11.2 Å². The second-order valence-electron chi connectivity index (χ2n) is 7.18. The number of aromatic nitrogens is 1. The molecule has 2 N–H and O–H groups in total. The molecule has 0 saturated carbocycles. The number of furan rings is 1. The van der Waals surface area contributed by atoms with Crippen LogP contribution in [0.4, 0.5) is 5.00 Å². The summed E-state index contributed by atoms with van der Waals surface area (Å²) in [4.78, 5) is 28.0. The smallest absolute Gasteiger partial charge is 0.278 e. The fourth-order valence-electron chi connectivity index (χ4n) is 3.65. The van der Waals surface area contributed by atoms with Crippen LogP contribution in [0, 0.1) is 0 Å². The standard InChI is InChI=1S/C22H19N3O4S2/c26-20(15-11-16(29-25-15)18-8-4-10-30-18)24-22-19(14-6-1-2-7-17(14)31-22)21(27)23-12-13-5-3-9-28-13/h3-5,8-11H,1-2,6-7,12H2,(H,23,27)(H,24,26). The number of carbonyl (C=O) groups excluding carboxylic acids is 2. The van der Waals surface area contributed by atoms with Crippen LogP contribution in [0.5, 0.6) is 0 Å². The normalized spacial score (nSPS) is 13.0. The van der Waals surface area contributed by atoms with Crippen molar-refractivity contribution < 1.29 is 18.5 Å². The average Bonchev–Trinajstić information content (AvgIpc) is 3.57. The quantitative estimate of drug-likeness (QED) is 0.422. The number of aryl methyl sites for hydroxylation is 1. The Morgan fingerprint density at radius 1 is 1.13 bits per heavy atom. The third-order valence-electron chi connectivity index (χ3n) is 5.14. The van der Waals surface area contributed by atoms with Crippen LogP contribution in [-0.4, -0.2) is 17.0 Å². The third-order valence-corrected chi connectivity index (χ3v) is 7.23. The Morgan fingerprint density at radius 3 is 2.84 bits per heavy atom. The van der Waals surface area contributed by atoms with Crippen molar-refractivity contribution in [2.75, 3.05) is 5.32 Å². The molecular weight excluding hydrogens is 434 g/mol. The van der Waals surface area contributed by atoms with Gasteiger partial charge in [-0.05, 0) is 54.8 Å². The van der Waals surface area contributed by atoms with Crippen LogP contribution in [0.15, 0.2) is 50.9 Å². The second kappa shape index (κ2) is 8.52. The van der Waals surface area contributed by atoms with E-state index in [2.05, 4.69) is 15.8 Å². The molecule has 4 aromatic heterocycles. The summed E-state index contributed by atoms with van der Waals surface area (Å²) in [5.74, 6) is 0.601. The molecule has 1 aliphatic carbocycles. The third kappa shape index (κ3) is 4.06. The monoisotopic (exact) mass is 453 g/mol. The molecule has 0 aromatic carbocycles. The molecule has 1 aliphatic rings. The molecule has 158 valence electrons. The number of nitrogens with zero attached hydrogens (tertiary/aromatic N) is 1. The Morgan fingerprint density at radius 2 is 2.03 bits per heavy atom. The van der Waals surface area contributed by atoms with E-state index < -0.39 is 5.91 Å². The maximum Gasteiger partial charge on any atom is 0.278 e. The highest BCUT2D eigenvalue weighted by Crippen LogP contribution is 2.38. The largest absolute Gasteiger partial charge is 0.467 e. The summed E-state index contributed by atoms with van der Waals surface area (Å²) in [7, 11) is 0. The lowest BCUT2D eigenvalue weighted by Crippen LogP contribution is -2.25. The van der Waals surface area contributed by atoms with Crippen molar-refractivity contribution in [3.63, 3.8) is 0 Å². The number of hydrogen-bond donors (Lipinski definition) is 2. The van der Waals surface area contributed by atoms with Crippen LogP contribution in [-0.2, 0) is 19.4 Å². The Hall–Kier alpha value is -3.17. The number of anilines is 1. The zero-order chi connectivity index (χ0) is 21.2. The molecule has 0 atom stereocenters. The number of amides is 2. The maximum atomic E-state index is 13.0. The number of rotatable bonds is 6. The predicted molar refractivity (Wildman–Crippen MR) is 119 cm³/mol. The minimum atomic E-state index is -0.398. The fraction of sp³-hybridized carbons (Fsp3) is 0.227. The zero-order valence-electron chi connectivity index (χ0n) is 16.5. The number of hydrogen-bond acceptors (Lipinski definition) is 7. The van der Waals surface area contributed by atoms with Crippen molar-refractivity contribution in [3.05, 3.63) is 69.4 Å². The van der Waals surface area contributed by atoms with E-state index in [0.29, 0.717) is 22.1 Å². The summed E-state index contributed by atoms with van der Waals surface area (Å²) in [6.45, 7) is 0.289. The van der Waals surface area contributed by atoms with Crippen LogP contribution in [0.1, 0.15) is 49.9 Å². The Balaban J connectivity index is 1.38. The van der Waals surface area contributed by atoms with Gasteiger partial charge in [0.05, 0.1) is 23.2 Å². The summed E-state index contributed by atoms with van der Waals surface area (Å²) >= 11 is 2.98. The van der Waals surface area contributed by atoms with Gasteiger partial charge in [-0.25, -0.2) is 0 Å². The molecule has 2 amide bonds. The van der Waals surface area contributed by atoms with Gasteiger partial charge in [-0.15, -0.1) is 22.7 Å². The molecule has 0 radical (unpaired) electrons. The molecule has 0 bridgehead atoms. The first-order valence-corrected chi connectivity index (χ1v) is 11.7. The second-order valence-corrected chi connectivity index (χ2v) is 9.24. The van der Waals surface area contributed by atoms with Crippen molar-refractivity contribution in [2.24, 2.45) is 0 Å². The van der Waals surface area contributed by atoms with Crippen molar-refractivity contribution in [2.45, 2.75) is 32.2 Å². The summed E-state index contributed by atoms with van der Waals surface area (Å²) in [6.07, 6.45) is 5.44. The van der Waals surface area contributed by atoms with Gasteiger partial charge in [0, 0.05) is 10.9 Å². The highest BCUT2D eigenvalue weighted by Gasteiger charge is 2.27. The summed E-state index contributed by atoms with van der Waals surface area (Å²) < 4.78 is 10.6. The Bertz CT molecular complexity index is 1210. The number of nitrogens with one attached hydrogen (secondary N) is 2. The van der Waals surface area contributed by atoms with E-state index in [0.717, 1.165) is 41.0 Å². The van der Waals surface area contributed by atoms with Gasteiger partial charge >= 0.3 is 0 Å². The van der Waals surface area contributed by atoms with Crippen LogP contribution in [0.2, 0.25) is 0 Å². The molecular formula is C22H19N3O4S2. The van der Waals surface area contributed by atoms with Crippen molar-refractivity contribution >= 4 is 39.5 Å². The first-order valence-electron chi connectivity index (χ1n) is 9.96. The average molecular weight is 454 g/mol. The summed E-state index contributed by atoms with van der Waals surface area (Å²) in [5.41, 5.74) is 1.75. The molecule has 9 heteroatoms. The fourth-order valence-corrected chi connectivity index (χ4v) is 5.60. The van der Waals surface area contributed by atoms with E-state index in [9.17, 15) is 9.59 Å². The Kier molecular flexibility index (Phi) is 5.44. The highest BCUT2D eigenvalue weighted by atomic mass is 32.1. The van der Waals surface area contributed by atoms with Crippen LogP contribution < -0.4 is 10.6 Å². The van der Waals surface area contributed by atoms with Gasteiger partial charge in [-0.2, -0.15) is 0 Å². The number of thiophene rings is 2. The molecule has 0 spiro atoms. The summed E-state index contributed by atoms with van der Waals surface area (Å²) in [5, 5.41) is 12.2. The minimum absolute atomic E-state index is 0.178. The Labute approximate surface area is 186 Å². The number of carbonyl (C=O) groups is 2. The van der Waals surface area contributed by atoms with Gasteiger partial charge in [-0.3, -0.25) is 9.59 Å². The van der Waals surface area contributed by atoms with E-state index in [-0.39, 0.29) is 18.1 Å². The highest BCUT2D eigenvalue weighted by molar-refractivity contribution is 7.17.